The summed E-state index contributed by atoms with van der Waals surface area (Å²) in [6.45, 7) is 4.50. The minimum absolute atomic E-state index is 0.133. The van der Waals surface area contributed by atoms with Gasteiger partial charge < -0.3 is 10.1 Å². The topological polar surface area (TPSA) is 75.7 Å². The maximum Gasteiger partial charge on any atom is 0.224 e. The summed E-state index contributed by atoms with van der Waals surface area (Å²) in [5.41, 5.74) is 2.38. The molecule has 33 heavy (non-hydrogen) atoms. The molecule has 1 aliphatic heterocycles. The number of benzene rings is 2. The van der Waals surface area contributed by atoms with Crippen LogP contribution in [0.3, 0.4) is 0 Å². The first-order valence-corrected chi connectivity index (χ1v) is 13.4. The molecule has 0 unspecified atom stereocenters. The number of sulfonamides is 1. The number of halogens is 2. The van der Waals surface area contributed by atoms with Gasteiger partial charge in [0.15, 0.2) is 0 Å². The van der Waals surface area contributed by atoms with E-state index in [1.807, 2.05) is 32.0 Å². The van der Waals surface area contributed by atoms with Crippen LogP contribution in [0.15, 0.2) is 36.4 Å². The zero-order valence-electron chi connectivity index (χ0n) is 19.1. The van der Waals surface area contributed by atoms with E-state index in [1.165, 1.54) is 4.31 Å². The van der Waals surface area contributed by atoms with Crippen molar-refractivity contribution in [3.05, 3.63) is 63.1 Å². The smallest absolute Gasteiger partial charge is 0.224 e. The van der Waals surface area contributed by atoms with E-state index < -0.39 is 15.9 Å². The Morgan fingerprint density at radius 2 is 1.94 bits per heavy atom. The number of aryl methyl sites for hydroxylation is 1. The fraction of sp³-hybridized carbons (Fsp3) is 0.458. The lowest BCUT2D eigenvalue weighted by atomic mass is 9.96. The Labute approximate surface area is 206 Å². The van der Waals surface area contributed by atoms with E-state index >= 15 is 0 Å². The number of amides is 1. The number of nitrogens with one attached hydrogen (secondary N) is 1. The zero-order chi connectivity index (χ0) is 24.2. The number of ether oxygens (including phenoxy) is 1. The maximum absolute atomic E-state index is 13.1. The van der Waals surface area contributed by atoms with E-state index in [0.29, 0.717) is 35.0 Å². The van der Waals surface area contributed by atoms with Crippen molar-refractivity contribution in [2.45, 2.75) is 44.9 Å². The van der Waals surface area contributed by atoms with Crippen molar-refractivity contribution in [3.63, 3.8) is 0 Å². The fourth-order valence-electron chi connectivity index (χ4n) is 4.18. The van der Waals surface area contributed by atoms with Crippen molar-refractivity contribution in [1.82, 2.24) is 9.62 Å². The summed E-state index contributed by atoms with van der Waals surface area (Å²) < 4.78 is 32.9. The Bertz CT molecular complexity index is 1090. The van der Waals surface area contributed by atoms with E-state index in [4.69, 9.17) is 27.9 Å². The molecule has 3 rings (SSSR count). The van der Waals surface area contributed by atoms with E-state index in [9.17, 15) is 13.2 Å². The Kier molecular flexibility index (Phi) is 8.67. The minimum atomic E-state index is -3.68. The summed E-state index contributed by atoms with van der Waals surface area (Å²) in [6.07, 6.45) is 1.98. The average molecular weight is 513 g/mol. The molecule has 1 aliphatic rings. The van der Waals surface area contributed by atoms with Gasteiger partial charge >= 0.3 is 0 Å². The number of rotatable bonds is 8. The van der Waals surface area contributed by atoms with Gasteiger partial charge in [-0.05, 0) is 55.5 Å². The van der Waals surface area contributed by atoms with Gasteiger partial charge in [0.2, 0.25) is 15.9 Å². The number of nitrogens with zero attached hydrogens (tertiary/aromatic N) is 1. The van der Waals surface area contributed by atoms with Crippen LogP contribution in [0, 0.1) is 12.8 Å². The molecule has 2 atom stereocenters. The highest BCUT2D eigenvalue weighted by atomic mass is 35.5. The molecule has 1 amide bonds. The van der Waals surface area contributed by atoms with Gasteiger partial charge in [0.1, 0.15) is 5.75 Å². The highest BCUT2D eigenvalue weighted by molar-refractivity contribution is 7.88. The monoisotopic (exact) mass is 512 g/mol. The standard InChI is InChI=1S/C24H30Cl2N2O4S/c1-4-22(17-10-11-23(32-3)16(2)13-17)27-24(29)18-7-6-12-28(14-18)33(30,31)15-19-20(25)8-5-9-21(19)26/h5,8-11,13,18,22H,4,6-7,12,14-15H2,1-3H3,(H,27,29)/t18-,22+/m0/s1. The van der Waals surface area contributed by atoms with Crippen molar-refractivity contribution in [3.8, 4) is 5.75 Å². The highest BCUT2D eigenvalue weighted by Gasteiger charge is 2.33. The van der Waals surface area contributed by atoms with Gasteiger partial charge in [-0.15, -0.1) is 0 Å². The Balaban J connectivity index is 1.70. The summed E-state index contributed by atoms with van der Waals surface area (Å²) in [5, 5.41) is 3.75. The predicted octanol–water partition coefficient (Wildman–Crippen LogP) is 5.12. The number of carbonyl (C=O) groups excluding carboxylic acids is 1. The Morgan fingerprint density at radius 1 is 1.24 bits per heavy atom. The lowest BCUT2D eigenvalue weighted by Gasteiger charge is -2.32. The highest BCUT2D eigenvalue weighted by Crippen LogP contribution is 2.30. The first-order valence-electron chi connectivity index (χ1n) is 11.0. The van der Waals surface area contributed by atoms with Crippen LogP contribution < -0.4 is 10.1 Å². The largest absolute Gasteiger partial charge is 0.496 e. The number of hydrogen-bond acceptors (Lipinski definition) is 4. The molecular formula is C24H30Cl2N2O4S. The second kappa shape index (κ2) is 11.1. The number of piperidine rings is 1. The minimum Gasteiger partial charge on any atom is -0.496 e. The zero-order valence-corrected chi connectivity index (χ0v) is 21.4. The lowest BCUT2D eigenvalue weighted by molar-refractivity contribution is -0.126. The summed E-state index contributed by atoms with van der Waals surface area (Å²) in [4.78, 5) is 13.1. The van der Waals surface area contributed by atoms with Gasteiger partial charge in [-0.3, -0.25) is 4.79 Å². The van der Waals surface area contributed by atoms with Crippen molar-refractivity contribution in [2.75, 3.05) is 20.2 Å². The van der Waals surface area contributed by atoms with Crippen LogP contribution in [-0.2, 0) is 20.6 Å². The van der Waals surface area contributed by atoms with Gasteiger partial charge in [-0.2, -0.15) is 0 Å². The first-order chi connectivity index (χ1) is 15.7. The van der Waals surface area contributed by atoms with Gasteiger partial charge in [0.05, 0.1) is 24.8 Å². The van der Waals surface area contributed by atoms with E-state index in [0.717, 1.165) is 23.3 Å². The molecule has 1 fully saturated rings. The molecule has 0 saturated carbocycles. The van der Waals surface area contributed by atoms with Gasteiger partial charge in [-0.1, -0.05) is 48.3 Å². The molecule has 2 aromatic carbocycles. The third-order valence-corrected chi connectivity index (χ3v) is 8.56. The van der Waals surface area contributed by atoms with E-state index in [2.05, 4.69) is 5.32 Å². The quantitative estimate of drug-likeness (QED) is 0.532. The molecule has 180 valence electrons. The normalized spacial score (nSPS) is 18.0. The van der Waals surface area contributed by atoms with Gasteiger partial charge in [0.25, 0.3) is 0 Å². The molecule has 1 N–H and O–H groups in total. The molecule has 1 heterocycles. The molecule has 0 aliphatic carbocycles. The van der Waals surface area contributed by atoms with Crippen LogP contribution >= 0.6 is 23.2 Å². The number of methoxy groups -OCH3 is 1. The number of carbonyl (C=O) groups is 1. The van der Waals surface area contributed by atoms with Crippen molar-refractivity contribution in [2.24, 2.45) is 5.92 Å². The SMILES string of the molecule is CC[C@@H](NC(=O)[C@H]1CCCN(S(=O)(=O)Cc2c(Cl)cccc2Cl)C1)c1ccc(OC)c(C)c1. The van der Waals surface area contributed by atoms with E-state index in [-0.39, 0.29) is 24.2 Å². The first kappa shape index (κ1) is 25.8. The van der Waals surface area contributed by atoms with Crippen LogP contribution in [0.4, 0.5) is 0 Å². The Morgan fingerprint density at radius 3 is 2.55 bits per heavy atom. The Hall–Kier alpha value is -1.80. The molecule has 6 nitrogen and oxygen atoms in total. The van der Waals surface area contributed by atoms with Gasteiger partial charge in [0, 0.05) is 28.7 Å². The average Bonchev–Trinajstić information content (AvgIpc) is 2.80. The van der Waals surface area contributed by atoms with Crippen LogP contribution in [0.2, 0.25) is 10.0 Å². The second-order valence-electron chi connectivity index (χ2n) is 8.35. The van der Waals surface area contributed by atoms with Crippen molar-refractivity contribution in [1.29, 1.82) is 0 Å². The number of hydrogen-bond donors (Lipinski definition) is 1. The molecule has 0 spiro atoms. The summed E-state index contributed by atoms with van der Waals surface area (Å²) >= 11 is 12.4. The molecular weight excluding hydrogens is 483 g/mol. The van der Waals surface area contributed by atoms with Crippen LogP contribution in [-0.4, -0.2) is 38.8 Å². The lowest BCUT2D eigenvalue weighted by Crippen LogP contribution is -2.46. The molecule has 9 heteroatoms. The molecule has 2 aromatic rings. The molecule has 0 radical (unpaired) electrons. The summed E-state index contributed by atoms with van der Waals surface area (Å²) in [6, 6.07) is 10.6. The summed E-state index contributed by atoms with van der Waals surface area (Å²) in [5.74, 6) is -0.0379. The summed E-state index contributed by atoms with van der Waals surface area (Å²) in [7, 11) is -2.05. The second-order valence-corrected chi connectivity index (χ2v) is 11.1. The van der Waals surface area contributed by atoms with Crippen LogP contribution in [0.5, 0.6) is 5.75 Å². The fourth-order valence-corrected chi connectivity index (χ4v) is 6.54. The maximum atomic E-state index is 13.1. The third kappa shape index (κ3) is 6.21. The predicted molar refractivity (Wildman–Crippen MR) is 132 cm³/mol. The van der Waals surface area contributed by atoms with E-state index in [1.54, 1.807) is 25.3 Å². The van der Waals surface area contributed by atoms with Gasteiger partial charge in [-0.25, -0.2) is 12.7 Å². The third-order valence-electron chi connectivity index (χ3n) is 6.08. The van der Waals surface area contributed by atoms with Crippen LogP contribution in [0.1, 0.15) is 48.9 Å². The molecule has 0 aromatic heterocycles. The van der Waals surface area contributed by atoms with Crippen LogP contribution in [0.25, 0.3) is 0 Å². The van der Waals surface area contributed by atoms with Crippen molar-refractivity contribution >= 4 is 39.1 Å². The van der Waals surface area contributed by atoms with Crippen molar-refractivity contribution < 1.29 is 17.9 Å². The molecule has 0 bridgehead atoms. The molecule has 1 saturated heterocycles.